The Kier molecular flexibility index (Phi) is 4.72. The van der Waals surface area contributed by atoms with Crippen LogP contribution in [0.2, 0.25) is 0 Å². The molecule has 0 unspecified atom stereocenters. The average Bonchev–Trinajstić information content (AvgIpc) is 2.64. The van der Waals surface area contributed by atoms with Crippen LogP contribution >= 0.6 is 0 Å². The SMILES string of the molecule is COc1ccc(Cn2ccc(N)cc2=O)cc1-c1cccc(NO)c1. The van der Waals surface area contributed by atoms with Gasteiger partial charge in [0.05, 0.1) is 19.3 Å². The summed E-state index contributed by atoms with van der Waals surface area (Å²) in [5.41, 5.74) is 11.4. The van der Waals surface area contributed by atoms with Crippen molar-refractivity contribution >= 4 is 11.4 Å². The molecule has 0 saturated heterocycles. The Morgan fingerprint density at radius 2 is 2.00 bits per heavy atom. The second-order valence-corrected chi connectivity index (χ2v) is 5.65. The number of benzene rings is 2. The van der Waals surface area contributed by atoms with E-state index < -0.39 is 0 Å². The molecule has 0 atom stereocenters. The number of nitrogen functional groups attached to an aromatic ring is 1. The van der Waals surface area contributed by atoms with Gasteiger partial charge in [0.15, 0.2) is 0 Å². The highest BCUT2D eigenvalue weighted by Crippen LogP contribution is 2.32. The van der Waals surface area contributed by atoms with E-state index in [9.17, 15) is 4.79 Å². The number of rotatable bonds is 5. The lowest BCUT2D eigenvalue weighted by molar-refractivity contribution is 0.389. The van der Waals surface area contributed by atoms with Gasteiger partial charge in [-0.15, -0.1) is 0 Å². The van der Waals surface area contributed by atoms with Gasteiger partial charge in [0, 0.05) is 23.5 Å². The molecule has 0 aliphatic rings. The normalized spacial score (nSPS) is 10.5. The number of anilines is 2. The van der Waals surface area contributed by atoms with Crippen molar-refractivity contribution < 1.29 is 9.94 Å². The fourth-order valence-corrected chi connectivity index (χ4v) is 2.69. The molecule has 1 aromatic heterocycles. The van der Waals surface area contributed by atoms with Gasteiger partial charge in [-0.1, -0.05) is 18.2 Å². The maximum Gasteiger partial charge on any atom is 0.252 e. The lowest BCUT2D eigenvalue weighted by Gasteiger charge is -2.13. The third-order valence-corrected chi connectivity index (χ3v) is 3.94. The molecule has 0 saturated carbocycles. The number of pyridine rings is 1. The summed E-state index contributed by atoms with van der Waals surface area (Å²) in [6.07, 6.45) is 1.68. The van der Waals surface area contributed by atoms with Crippen molar-refractivity contribution in [3.63, 3.8) is 0 Å². The van der Waals surface area contributed by atoms with Gasteiger partial charge in [-0.25, -0.2) is 0 Å². The number of hydrogen-bond acceptors (Lipinski definition) is 5. The van der Waals surface area contributed by atoms with E-state index in [4.69, 9.17) is 15.7 Å². The lowest BCUT2D eigenvalue weighted by Crippen LogP contribution is -2.19. The standard InChI is InChI=1S/C19H19N3O3/c1-25-18-6-5-13(12-22-8-7-15(20)11-19(22)23)9-17(18)14-3-2-4-16(10-14)21-24/h2-11,21,24H,12,20H2,1H3. The van der Waals surface area contributed by atoms with Gasteiger partial charge in [0.2, 0.25) is 0 Å². The van der Waals surface area contributed by atoms with E-state index in [1.165, 1.54) is 6.07 Å². The summed E-state index contributed by atoms with van der Waals surface area (Å²) >= 11 is 0. The van der Waals surface area contributed by atoms with Crippen LogP contribution in [0.25, 0.3) is 11.1 Å². The molecule has 0 spiro atoms. The van der Waals surface area contributed by atoms with Gasteiger partial charge in [-0.2, -0.15) is 0 Å². The second kappa shape index (κ2) is 7.11. The molecule has 0 aliphatic carbocycles. The maximum atomic E-state index is 12.0. The zero-order chi connectivity index (χ0) is 17.8. The van der Waals surface area contributed by atoms with Gasteiger partial charge in [0.25, 0.3) is 5.56 Å². The van der Waals surface area contributed by atoms with E-state index in [1.54, 1.807) is 30.0 Å². The molecule has 4 N–H and O–H groups in total. The van der Waals surface area contributed by atoms with Crippen LogP contribution in [-0.4, -0.2) is 16.9 Å². The predicted octanol–water partition coefficient (Wildman–Crippen LogP) is 2.96. The molecular weight excluding hydrogens is 318 g/mol. The summed E-state index contributed by atoms with van der Waals surface area (Å²) in [5.74, 6) is 0.712. The second-order valence-electron chi connectivity index (χ2n) is 5.65. The first-order valence-corrected chi connectivity index (χ1v) is 7.74. The van der Waals surface area contributed by atoms with E-state index in [1.807, 2.05) is 36.4 Å². The molecule has 0 aliphatic heterocycles. The largest absolute Gasteiger partial charge is 0.496 e. The van der Waals surface area contributed by atoms with Crippen LogP contribution in [-0.2, 0) is 6.54 Å². The Labute approximate surface area is 145 Å². The molecule has 0 amide bonds. The van der Waals surface area contributed by atoms with Gasteiger partial charge in [0.1, 0.15) is 5.75 Å². The molecule has 3 aromatic rings. The highest BCUT2D eigenvalue weighted by atomic mass is 16.5. The first-order chi connectivity index (χ1) is 12.1. The van der Waals surface area contributed by atoms with Crippen molar-refractivity contribution in [2.45, 2.75) is 6.54 Å². The summed E-state index contributed by atoms with van der Waals surface area (Å²) in [6.45, 7) is 0.425. The van der Waals surface area contributed by atoms with E-state index >= 15 is 0 Å². The Bertz CT molecular complexity index is 951. The van der Waals surface area contributed by atoms with E-state index in [2.05, 4.69) is 5.48 Å². The first kappa shape index (κ1) is 16.6. The van der Waals surface area contributed by atoms with Gasteiger partial charge < -0.3 is 15.0 Å². The summed E-state index contributed by atoms with van der Waals surface area (Å²) in [6, 6.07) is 16.2. The third-order valence-electron chi connectivity index (χ3n) is 3.94. The molecule has 6 heteroatoms. The van der Waals surface area contributed by atoms with E-state index in [-0.39, 0.29) is 5.56 Å². The van der Waals surface area contributed by atoms with Crippen LogP contribution in [0.1, 0.15) is 5.56 Å². The molecule has 0 radical (unpaired) electrons. The zero-order valence-corrected chi connectivity index (χ0v) is 13.8. The minimum absolute atomic E-state index is 0.149. The van der Waals surface area contributed by atoms with Crippen molar-refractivity contribution in [2.24, 2.45) is 0 Å². The minimum atomic E-state index is -0.149. The summed E-state index contributed by atoms with van der Waals surface area (Å²) < 4.78 is 7.04. The molecule has 6 nitrogen and oxygen atoms in total. The number of hydrogen-bond donors (Lipinski definition) is 3. The van der Waals surface area contributed by atoms with Gasteiger partial charge >= 0.3 is 0 Å². The van der Waals surface area contributed by atoms with Crippen LogP contribution in [0.15, 0.2) is 65.6 Å². The predicted molar refractivity (Wildman–Crippen MR) is 98.1 cm³/mol. The number of nitrogens with one attached hydrogen (secondary N) is 1. The zero-order valence-electron chi connectivity index (χ0n) is 13.8. The Morgan fingerprint density at radius 3 is 2.72 bits per heavy atom. The summed E-state index contributed by atoms with van der Waals surface area (Å²) in [4.78, 5) is 12.0. The average molecular weight is 337 g/mol. The third kappa shape index (κ3) is 3.64. The summed E-state index contributed by atoms with van der Waals surface area (Å²) in [7, 11) is 1.61. The molecule has 2 aromatic carbocycles. The van der Waals surface area contributed by atoms with Crippen molar-refractivity contribution in [1.29, 1.82) is 0 Å². The number of aromatic nitrogens is 1. The molecular formula is C19H19N3O3. The summed E-state index contributed by atoms with van der Waals surface area (Å²) in [5, 5.41) is 9.11. The first-order valence-electron chi connectivity index (χ1n) is 7.74. The number of nitrogens with two attached hydrogens (primary N) is 1. The highest BCUT2D eigenvalue weighted by molar-refractivity contribution is 5.74. The monoisotopic (exact) mass is 337 g/mol. The fraction of sp³-hybridized carbons (Fsp3) is 0.105. The molecule has 1 heterocycles. The quantitative estimate of drug-likeness (QED) is 0.623. The smallest absolute Gasteiger partial charge is 0.252 e. The van der Waals surface area contributed by atoms with Crippen molar-refractivity contribution in [1.82, 2.24) is 4.57 Å². The number of methoxy groups -OCH3 is 1. The van der Waals surface area contributed by atoms with E-state index in [0.29, 0.717) is 23.7 Å². The topological polar surface area (TPSA) is 89.5 Å². The maximum absolute atomic E-state index is 12.0. The molecule has 0 fully saturated rings. The molecule has 128 valence electrons. The van der Waals surface area contributed by atoms with Crippen molar-refractivity contribution in [3.8, 4) is 16.9 Å². The Morgan fingerprint density at radius 1 is 1.16 bits per heavy atom. The van der Waals surface area contributed by atoms with Crippen molar-refractivity contribution in [3.05, 3.63) is 76.7 Å². The van der Waals surface area contributed by atoms with Gasteiger partial charge in [-0.3, -0.25) is 15.5 Å². The van der Waals surface area contributed by atoms with Gasteiger partial charge in [-0.05, 0) is 41.5 Å². The van der Waals surface area contributed by atoms with Crippen LogP contribution in [0.3, 0.4) is 0 Å². The molecule has 3 rings (SSSR count). The number of ether oxygens (including phenoxy) is 1. The van der Waals surface area contributed by atoms with Crippen LogP contribution in [0.5, 0.6) is 5.75 Å². The van der Waals surface area contributed by atoms with Crippen molar-refractivity contribution in [2.75, 3.05) is 18.3 Å². The molecule has 25 heavy (non-hydrogen) atoms. The van der Waals surface area contributed by atoms with Crippen LogP contribution in [0, 0.1) is 0 Å². The van der Waals surface area contributed by atoms with Crippen LogP contribution in [0.4, 0.5) is 11.4 Å². The fourth-order valence-electron chi connectivity index (χ4n) is 2.69. The van der Waals surface area contributed by atoms with Crippen LogP contribution < -0.4 is 21.5 Å². The lowest BCUT2D eigenvalue weighted by atomic mass is 10.0. The molecule has 0 bridgehead atoms. The number of nitrogens with zero attached hydrogens (tertiary/aromatic N) is 1. The Hall–Kier alpha value is -3.25. The highest BCUT2D eigenvalue weighted by Gasteiger charge is 2.09. The van der Waals surface area contributed by atoms with E-state index in [0.717, 1.165) is 16.7 Å². The Balaban J connectivity index is 2.01. The minimum Gasteiger partial charge on any atom is -0.496 e.